The van der Waals surface area contributed by atoms with Gasteiger partial charge in [0, 0.05) is 23.0 Å². The number of aryl methyl sites for hydroxylation is 2. The van der Waals surface area contributed by atoms with E-state index in [1.165, 1.54) is 0 Å². The fourth-order valence-electron chi connectivity index (χ4n) is 2.13. The van der Waals surface area contributed by atoms with E-state index in [4.69, 9.17) is 11.6 Å². The molecule has 0 fully saturated rings. The molecule has 0 atom stereocenters. The van der Waals surface area contributed by atoms with E-state index in [0.29, 0.717) is 10.7 Å². The van der Waals surface area contributed by atoms with Crippen molar-refractivity contribution in [2.45, 2.75) is 6.92 Å². The van der Waals surface area contributed by atoms with Gasteiger partial charge in [-0.15, -0.1) is 11.3 Å². The maximum atomic E-state index is 12.0. The number of nitrogens with zero attached hydrogens (tertiary/aromatic N) is 2. The summed E-state index contributed by atoms with van der Waals surface area (Å²) in [7, 11) is 1.74. The smallest absolute Gasteiger partial charge is 0.286 e. The molecule has 0 spiro atoms. The Hall–Kier alpha value is -1.65. The summed E-state index contributed by atoms with van der Waals surface area (Å²) in [5.41, 5.74) is 2.32. The molecule has 0 amide bonds. The maximum absolute atomic E-state index is 12.0. The molecule has 3 nitrogen and oxygen atoms in total. The van der Waals surface area contributed by atoms with E-state index < -0.39 is 0 Å². The van der Waals surface area contributed by atoms with Crippen LogP contribution in [0.1, 0.15) is 5.56 Å². The molecule has 0 aliphatic rings. The Bertz CT molecular complexity index is 835. The Balaban J connectivity index is 2.49. The molecule has 0 aliphatic heterocycles. The van der Waals surface area contributed by atoms with Crippen LogP contribution in [0.5, 0.6) is 0 Å². The van der Waals surface area contributed by atoms with Gasteiger partial charge in [-0.2, -0.15) is 4.98 Å². The van der Waals surface area contributed by atoms with Gasteiger partial charge >= 0.3 is 5.69 Å². The number of halogens is 1. The largest absolute Gasteiger partial charge is 0.348 e. The predicted octanol–water partition coefficient (Wildman–Crippen LogP) is 3.62. The van der Waals surface area contributed by atoms with E-state index in [-0.39, 0.29) is 5.69 Å². The highest BCUT2D eigenvalue weighted by Gasteiger charge is 2.15. The van der Waals surface area contributed by atoms with Gasteiger partial charge in [-0.05, 0) is 23.9 Å². The van der Waals surface area contributed by atoms with Gasteiger partial charge in [0.1, 0.15) is 4.83 Å². The first kappa shape index (κ1) is 12.4. The predicted molar refractivity (Wildman–Crippen MR) is 80.0 cm³/mol. The second-order valence-electron chi connectivity index (χ2n) is 4.38. The van der Waals surface area contributed by atoms with Crippen LogP contribution in [0.4, 0.5) is 0 Å². The Morgan fingerprint density at radius 3 is 2.79 bits per heavy atom. The highest BCUT2D eigenvalue weighted by Crippen LogP contribution is 2.34. The molecule has 2 heterocycles. The molecule has 0 aliphatic carbocycles. The molecule has 0 bridgehead atoms. The van der Waals surface area contributed by atoms with E-state index in [9.17, 15) is 4.79 Å². The van der Waals surface area contributed by atoms with E-state index >= 15 is 0 Å². The third-order valence-electron chi connectivity index (χ3n) is 3.12. The second-order valence-corrected chi connectivity index (χ2v) is 5.65. The van der Waals surface area contributed by atoms with Gasteiger partial charge in [-0.25, -0.2) is 4.79 Å². The number of hydrogen-bond donors (Lipinski definition) is 0. The lowest BCUT2D eigenvalue weighted by molar-refractivity contribution is 0.862. The molecule has 0 saturated heterocycles. The highest BCUT2D eigenvalue weighted by atomic mass is 35.5. The first-order valence-electron chi connectivity index (χ1n) is 5.79. The van der Waals surface area contributed by atoms with Crippen molar-refractivity contribution in [2.75, 3.05) is 0 Å². The van der Waals surface area contributed by atoms with Crippen LogP contribution in [0, 0.1) is 6.92 Å². The fourth-order valence-corrected chi connectivity index (χ4v) is 3.37. The number of aromatic nitrogens is 2. The fraction of sp³-hybridized carbons (Fsp3) is 0.143. The minimum atomic E-state index is -0.260. The minimum Gasteiger partial charge on any atom is -0.286 e. The molecule has 0 saturated carbocycles. The van der Waals surface area contributed by atoms with Gasteiger partial charge in [0.2, 0.25) is 0 Å². The lowest BCUT2D eigenvalue weighted by Gasteiger charge is -2.08. The molecule has 2 aromatic heterocycles. The van der Waals surface area contributed by atoms with Gasteiger partial charge < -0.3 is 0 Å². The summed E-state index contributed by atoms with van der Waals surface area (Å²) in [6.07, 6.45) is 0. The van der Waals surface area contributed by atoms with Crippen molar-refractivity contribution in [2.24, 2.45) is 7.05 Å². The van der Waals surface area contributed by atoms with E-state index in [2.05, 4.69) is 4.98 Å². The van der Waals surface area contributed by atoms with Gasteiger partial charge in [-0.1, -0.05) is 29.8 Å². The topological polar surface area (TPSA) is 34.9 Å². The zero-order valence-electron chi connectivity index (χ0n) is 10.5. The van der Waals surface area contributed by atoms with Crippen molar-refractivity contribution in [3.05, 3.63) is 50.7 Å². The lowest BCUT2D eigenvalue weighted by atomic mass is 10.1. The Labute approximate surface area is 119 Å². The van der Waals surface area contributed by atoms with Gasteiger partial charge in [0.25, 0.3) is 0 Å². The standard InChI is InChI=1S/C14H11ClN2OS/c1-8-7-19-13-11(8)12(16-14(18)17(13)2)9-5-3-4-6-10(9)15/h3-7H,1-2H3. The summed E-state index contributed by atoms with van der Waals surface area (Å²) < 4.78 is 1.58. The van der Waals surface area contributed by atoms with Crippen LogP contribution in [0.15, 0.2) is 34.4 Å². The molecule has 0 radical (unpaired) electrons. The summed E-state index contributed by atoms with van der Waals surface area (Å²) >= 11 is 7.77. The Morgan fingerprint density at radius 2 is 2.05 bits per heavy atom. The third kappa shape index (κ3) is 1.88. The third-order valence-corrected chi connectivity index (χ3v) is 4.62. The molecule has 1 aromatic carbocycles. The molecule has 19 heavy (non-hydrogen) atoms. The van der Waals surface area contributed by atoms with E-state index in [1.54, 1.807) is 23.0 Å². The Kier molecular flexibility index (Phi) is 2.92. The summed E-state index contributed by atoms with van der Waals surface area (Å²) in [6.45, 7) is 2.02. The van der Waals surface area contributed by atoms with Crippen LogP contribution >= 0.6 is 22.9 Å². The van der Waals surface area contributed by atoms with Gasteiger partial charge in [-0.3, -0.25) is 4.57 Å². The maximum Gasteiger partial charge on any atom is 0.348 e. The zero-order valence-corrected chi connectivity index (χ0v) is 12.0. The SMILES string of the molecule is Cc1csc2c1c(-c1ccccc1Cl)nc(=O)n2C. The zero-order chi connectivity index (χ0) is 13.6. The number of fused-ring (bicyclic) bond motifs is 1. The van der Waals surface area contributed by atoms with Crippen molar-refractivity contribution in [1.29, 1.82) is 0 Å². The molecule has 3 rings (SSSR count). The first-order valence-corrected chi connectivity index (χ1v) is 7.05. The summed E-state index contributed by atoms with van der Waals surface area (Å²) in [6, 6.07) is 7.46. The second kappa shape index (κ2) is 4.47. The number of thiophene rings is 1. The molecule has 3 aromatic rings. The first-order chi connectivity index (χ1) is 9.09. The number of hydrogen-bond acceptors (Lipinski definition) is 3. The summed E-state index contributed by atoms with van der Waals surface area (Å²) in [4.78, 5) is 17.1. The number of benzene rings is 1. The lowest BCUT2D eigenvalue weighted by Crippen LogP contribution is -2.20. The van der Waals surface area contributed by atoms with Crippen LogP contribution in [-0.4, -0.2) is 9.55 Å². The summed E-state index contributed by atoms with van der Waals surface area (Å²) in [5.74, 6) is 0. The van der Waals surface area contributed by atoms with Gasteiger partial charge in [0.05, 0.1) is 5.69 Å². The molecule has 96 valence electrons. The van der Waals surface area contributed by atoms with Gasteiger partial charge in [0.15, 0.2) is 0 Å². The minimum absolute atomic E-state index is 0.260. The molecular formula is C14H11ClN2OS. The number of rotatable bonds is 1. The van der Waals surface area contributed by atoms with Crippen LogP contribution < -0.4 is 5.69 Å². The molecule has 5 heteroatoms. The van der Waals surface area contributed by atoms with Crippen molar-refractivity contribution < 1.29 is 0 Å². The highest BCUT2D eigenvalue weighted by molar-refractivity contribution is 7.17. The normalized spacial score (nSPS) is 11.1. The average molecular weight is 291 g/mol. The van der Waals surface area contributed by atoms with Crippen LogP contribution in [0.2, 0.25) is 5.02 Å². The monoisotopic (exact) mass is 290 g/mol. The van der Waals surface area contributed by atoms with Crippen LogP contribution in [0.25, 0.3) is 21.5 Å². The van der Waals surface area contributed by atoms with Crippen molar-refractivity contribution in [3.63, 3.8) is 0 Å². The van der Waals surface area contributed by atoms with Crippen LogP contribution in [0.3, 0.4) is 0 Å². The average Bonchev–Trinajstić information content (AvgIpc) is 2.77. The van der Waals surface area contributed by atoms with Crippen molar-refractivity contribution in [1.82, 2.24) is 9.55 Å². The summed E-state index contributed by atoms with van der Waals surface area (Å²) in [5, 5.41) is 3.64. The van der Waals surface area contributed by atoms with E-state index in [0.717, 1.165) is 21.3 Å². The van der Waals surface area contributed by atoms with Crippen molar-refractivity contribution in [3.8, 4) is 11.3 Å². The van der Waals surface area contributed by atoms with E-state index in [1.807, 2.05) is 36.6 Å². The molecule has 0 N–H and O–H groups in total. The molecular weight excluding hydrogens is 280 g/mol. The molecule has 0 unspecified atom stereocenters. The quantitative estimate of drug-likeness (QED) is 0.686. The Morgan fingerprint density at radius 1 is 1.32 bits per heavy atom. The van der Waals surface area contributed by atoms with Crippen molar-refractivity contribution >= 4 is 33.2 Å². The van der Waals surface area contributed by atoms with Crippen LogP contribution in [-0.2, 0) is 7.05 Å².